The summed E-state index contributed by atoms with van der Waals surface area (Å²) >= 11 is 5.75. The molecular weight excluding hydrogens is 304 g/mol. The van der Waals surface area contributed by atoms with Crippen molar-refractivity contribution in [1.29, 1.82) is 0 Å². The predicted molar refractivity (Wildman–Crippen MR) is 85.7 cm³/mol. The molecule has 120 valence electrons. The zero-order valence-electron chi connectivity index (χ0n) is 12.9. The van der Waals surface area contributed by atoms with E-state index in [2.05, 4.69) is 10.3 Å². The maximum Gasteiger partial charge on any atom is 0.239 e. The number of nitrogens with zero attached hydrogens (tertiary/aromatic N) is 3. The lowest BCUT2D eigenvalue weighted by molar-refractivity contribution is -0.136. The standard InChI is InChI=1S/C15H21ClN4O2/c1-11(2)15(22)20-7-5-19(6-8-20)10-14(21)18-13-4-3-12(16)9-17-13/h3-4,9,11H,5-8,10H2,1-2H3,(H,17,18,21). The number of nitrogens with one attached hydrogen (secondary N) is 1. The van der Waals surface area contributed by atoms with E-state index >= 15 is 0 Å². The first-order chi connectivity index (χ1) is 10.5. The molecule has 0 spiro atoms. The number of rotatable bonds is 4. The second-order valence-corrected chi connectivity index (χ2v) is 6.10. The van der Waals surface area contributed by atoms with Crippen molar-refractivity contribution in [3.8, 4) is 0 Å². The van der Waals surface area contributed by atoms with Gasteiger partial charge < -0.3 is 10.2 Å². The van der Waals surface area contributed by atoms with Crippen molar-refractivity contribution in [2.45, 2.75) is 13.8 Å². The van der Waals surface area contributed by atoms with Gasteiger partial charge in [0.15, 0.2) is 0 Å². The molecule has 7 heteroatoms. The molecule has 0 atom stereocenters. The van der Waals surface area contributed by atoms with Gasteiger partial charge in [-0.05, 0) is 12.1 Å². The highest BCUT2D eigenvalue weighted by Crippen LogP contribution is 2.10. The van der Waals surface area contributed by atoms with Gasteiger partial charge in [0.1, 0.15) is 5.82 Å². The molecule has 22 heavy (non-hydrogen) atoms. The van der Waals surface area contributed by atoms with E-state index in [-0.39, 0.29) is 17.7 Å². The van der Waals surface area contributed by atoms with Crippen LogP contribution in [-0.4, -0.2) is 59.3 Å². The fourth-order valence-electron chi connectivity index (χ4n) is 2.33. The van der Waals surface area contributed by atoms with Crippen LogP contribution < -0.4 is 5.32 Å². The van der Waals surface area contributed by atoms with E-state index in [1.807, 2.05) is 23.6 Å². The summed E-state index contributed by atoms with van der Waals surface area (Å²) in [6.07, 6.45) is 1.49. The minimum absolute atomic E-state index is 0.0193. The summed E-state index contributed by atoms with van der Waals surface area (Å²) in [7, 11) is 0. The molecule has 1 aromatic heterocycles. The molecule has 6 nitrogen and oxygen atoms in total. The van der Waals surface area contributed by atoms with Crippen LogP contribution in [0.4, 0.5) is 5.82 Å². The highest BCUT2D eigenvalue weighted by Gasteiger charge is 2.23. The lowest BCUT2D eigenvalue weighted by Gasteiger charge is -2.35. The third kappa shape index (κ3) is 4.68. The lowest BCUT2D eigenvalue weighted by Crippen LogP contribution is -2.51. The summed E-state index contributed by atoms with van der Waals surface area (Å²) in [6, 6.07) is 3.35. The van der Waals surface area contributed by atoms with E-state index in [0.717, 1.165) is 0 Å². The number of amides is 2. The van der Waals surface area contributed by atoms with Crippen LogP contribution in [0.5, 0.6) is 0 Å². The maximum atomic E-state index is 12.0. The van der Waals surface area contributed by atoms with Crippen molar-refractivity contribution < 1.29 is 9.59 Å². The summed E-state index contributed by atoms with van der Waals surface area (Å²) in [5.74, 6) is 0.571. The smallest absolute Gasteiger partial charge is 0.239 e. The Labute approximate surface area is 135 Å². The summed E-state index contributed by atoms with van der Waals surface area (Å²) in [4.78, 5) is 31.8. The van der Waals surface area contributed by atoms with Gasteiger partial charge in [-0.2, -0.15) is 0 Å². The van der Waals surface area contributed by atoms with Crippen LogP contribution in [0.25, 0.3) is 0 Å². The summed E-state index contributed by atoms with van der Waals surface area (Å²) in [5.41, 5.74) is 0. The number of pyridine rings is 1. The van der Waals surface area contributed by atoms with Gasteiger partial charge in [-0.1, -0.05) is 25.4 Å². The average Bonchev–Trinajstić information content (AvgIpc) is 2.49. The molecule has 0 unspecified atom stereocenters. The number of piperazine rings is 1. The first kappa shape index (κ1) is 16.7. The van der Waals surface area contributed by atoms with Crippen LogP contribution in [0.1, 0.15) is 13.8 Å². The lowest BCUT2D eigenvalue weighted by atomic mass is 10.1. The van der Waals surface area contributed by atoms with Crippen molar-refractivity contribution in [1.82, 2.24) is 14.8 Å². The number of aromatic nitrogens is 1. The summed E-state index contributed by atoms with van der Waals surface area (Å²) in [5, 5.41) is 3.27. The molecule has 1 saturated heterocycles. The van der Waals surface area contributed by atoms with Crippen molar-refractivity contribution >= 4 is 29.2 Å². The van der Waals surface area contributed by atoms with Crippen LogP contribution in [0.3, 0.4) is 0 Å². The molecule has 1 N–H and O–H groups in total. The minimum Gasteiger partial charge on any atom is -0.340 e. The Morgan fingerprint density at radius 1 is 1.27 bits per heavy atom. The predicted octanol–water partition coefficient (Wildman–Crippen LogP) is 1.47. The van der Waals surface area contributed by atoms with Crippen molar-refractivity contribution in [3.05, 3.63) is 23.4 Å². The number of carbonyl (C=O) groups excluding carboxylic acids is 2. The first-order valence-corrected chi connectivity index (χ1v) is 7.76. The largest absolute Gasteiger partial charge is 0.340 e. The molecule has 1 aliphatic heterocycles. The van der Waals surface area contributed by atoms with Gasteiger partial charge in [0.25, 0.3) is 0 Å². The van der Waals surface area contributed by atoms with Gasteiger partial charge in [0, 0.05) is 38.3 Å². The van der Waals surface area contributed by atoms with Gasteiger partial charge in [0.2, 0.25) is 11.8 Å². The van der Waals surface area contributed by atoms with E-state index < -0.39 is 0 Å². The zero-order valence-corrected chi connectivity index (χ0v) is 13.6. The molecule has 0 aliphatic carbocycles. The molecule has 2 rings (SSSR count). The molecular formula is C15H21ClN4O2. The fraction of sp³-hybridized carbons (Fsp3) is 0.533. The topological polar surface area (TPSA) is 65.5 Å². The maximum absolute atomic E-state index is 12.0. The Balaban J connectivity index is 1.77. The van der Waals surface area contributed by atoms with Gasteiger partial charge >= 0.3 is 0 Å². The average molecular weight is 325 g/mol. The van der Waals surface area contributed by atoms with Gasteiger partial charge in [0.05, 0.1) is 11.6 Å². The Hall–Kier alpha value is -1.66. The summed E-state index contributed by atoms with van der Waals surface area (Å²) in [6.45, 7) is 6.86. The number of hydrogen-bond donors (Lipinski definition) is 1. The van der Waals surface area contributed by atoms with E-state index in [0.29, 0.717) is 43.6 Å². The second-order valence-electron chi connectivity index (χ2n) is 5.67. The first-order valence-electron chi connectivity index (χ1n) is 7.38. The molecule has 2 amide bonds. The monoisotopic (exact) mass is 324 g/mol. The highest BCUT2D eigenvalue weighted by atomic mass is 35.5. The normalized spacial score (nSPS) is 15.9. The van der Waals surface area contributed by atoms with Crippen LogP contribution in [0, 0.1) is 5.92 Å². The number of halogens is 1. The Kier molecular flexibility index (Phi) is 5.74. The van der Waals surface area contributed by atoms with Crippen LogP contribution in [0.2, 0.25) is 5.02 Å². The molecule has 1 aromatic rings. The number of carbonyl (C=O) groups is 2. The Morgan fingerprint density at radius 3 is 2.50 bits per heavy atom. The molecule has 1 aliphatic rings. The van der Waals surface area contributed by atoms with Gasteiger partial charge in [-0.25, -0.2) is 4.98 Å². The number of anilines is 1. The third-order valence-corrected chi connectivity index (χ3v) is 3.76. The minimum atomic E-state index is -0.113. The van der Waals surface area contributed by atoms with E-state index in [1.54, 1.807) is 12.1 Å². The van der Waals surface area contributed by atoms with E-state index in [1.165, 1.54) is 6.20 Å². The van der Waals surface area contributed by atoms with Crippen molar-refractivity contribution in [2.75, 3.05) is 38.0 Å². The highest BCUT2D eigenvalue weighted by molar-refractivity contribution is 6.30. The van der Waals surface area contributed by atoms with Crippen molar-refractivity contribution in [2.24, 2.45) is 5.92 Å². The molecule has 0 saturated carbocycles. The zero-order chi connectivity index (χ0) is 16.1. The third-order valence-electron chi connectivity index (χ3n) is 3.54. The van der Waals surface area contributed by atoms with Crippen LogP contribution >= 0.6 is 11.6 Å². The Morgan fingerprint density at radius 2 is 1.95 bits per heavy atom. The van der Waals surface area contributed by atoms with Crippen LogP contribution in [0.15, 0.2) is 18.3 Å². The van der Waals surface area contributed by atoms with Gasteiger partial charge in [-0.15, -0.1) is 0 Å². The molecule has 1 fully saturated rings. The van der Waals surface area contributed by atoms with Crippen molar-refractivity contribution in [3.63, 3.8) is 0 Å². The molecule has 2 heterocycles. The van der Waals surface area contributed by atoms with E-state index in [9.17, 15) is 9.59 Å². The molecule has 0 bridgehead atoms. The van der Waals surface area contributed by atoms with Gasteiger partial charge in [-0.3, -0.25) is 14.5 Å². The summed E-state index contributed by atoms with van der Waals surface area (Å²) < 4.78 is 0. The Bertz CT molecular complexity index is 525. The number of hydrogen-bond acceptors (Lipinski definition) is 4. The molecule has 0 radical (unpaired) electrons. The SMILES string of the molecule is CC(C)C(=O)N1CCN(CC(=O)Nc2ccc(Cl)cn2)CC1. The fourth-order valence-corrected chi connectivity index (χ4v) is 2.44. The quantitative estimate of drug-likeness (QED) is 0.911. The second kappa shape index (κ2) is 7.56. The van der Waals surface area contributed by atoms with Crippen LogP contribution in [-0.2, 0) is 9.59 Å². The molecule has 0 aromatic carbocycles. The van der Waals surface area contributed by atoms with E-state index in [4.69, 9.17) is 11.6 Å².